The molecule has 0 aliphatic carbocycles. The second kappa shape index (κ2) is 8.40. The maximum absolute atomic E-state index is 13.2. The van der Waals surface area contributed by atoms with E-state index in [1.54, 1.807) is 0 Å². The number of hydrogen-bond acceptors (Lipinski definition) is 5. The maximum atomic E-state index is 13.2. The smallest absolute Gasteiger partial charge is 0.258 e. The lowest BCUT2D eigenvalue weighted by atomic mass is 9.92. The van der Waals surface area contributed by atoms with Crippen molar-refractivity contribution in [3.05, 3.63) is 35.7 Å². The van der Waals surface area contributed by atoms with E-state index in [1.807, 2.05) is 43.0 Å². The lowest BCUT2D eigenvalue weighted by molar-refractivity contribution is 0.0759. The fraction of sp³-hybridized carbons (Fsp3) is 0.550. The molecular formula is C20H27ClN4O2. The van der Waals surface area contributed by atoms with Crippen LogP contribution in [0.2, 0.25) is 0 Å². The molecule has 2 aliphatic rings. The molecule has 2 aromatic rings. The zero-order chi connectivity index (χ0) is 18.1. The van der Waals surface area contributed by atoms with Crippen molar-refractivity contribution < 1.29 is 9.32 Å². The van der Waals surface area contributed by atoms with E-state index in [1.165, 1.54) is 0 Å². The van der Waals surface area contributed by atoms with Gasteiger partial charge in [-0.2, -0.15) is 4.98 Å². The molecule has 2 aliphatic heterocycles. The number of benzene rings is 1. The van der Waals surface area contributed by atoms with E-state index >= 15 is 0 Å². The van der Waals surface area contributed by atoms with Crippen molar-refractivity contribution >= 4 is 18.3 Å². The van der Waals surface area contributed by atoms with E-state index < -0.39 is 0 Å². The molecule has 27 heavy (non-hydrogen) atoms. The molecule has 6 nitrogen and oxygen atoms in total. The highest BCUT2D eigenvalue weighted by Crippen LogP contribution is 2.29. The van der Waals surface area contributed by atoms with Crippen LogP contribution in [0.25, 0.3) is 11.5 Å². The van der Waals surface area contributed by atoms with Gasteiger partial charge in [-0.05, 0) is 49.9 Å². The summed E-state index contributed by atoms with van der Waals surface area (Å²) in [6, 6.07) is 7.56. The molecule has 1 aromatic heterocycles. The van der Waals surface area contributed by atoms with Crippen molar-refractivity contribution in [1.29, 1.82) is 0 Å². The van der Waals surface area contributed by atoms with Gasteiger partial charge in [0, 0.05) is 19.0 Å². The van der Waals surface area contributed by atoms with Gasteiger partial charge >= 0.3 is 0 Å². The molecule has 7 heteroatoms. The molecule has 4 rings (SSSR count). The molecule has 0 bridgehead atoms. The minimum absolute atomic E-state index is 0. The number of halogens is 1. The topological polar surface area (TPSA) is 71.3 Å². The van der Waals surface area contributed by atoms with Gasteiger partial charge in [0.1, 0.15) is 0 Å². The molecule has 2 atom stereocenters. The van der Waals surface area contributed by atoms with E-state index in [0.717, 1.165) is 44.6 Å². The van der Waals surface area contributed by atoms with Crippen LogP contribution in [0, 0.1) is 11.8 Å². The summed E-state index contributed by atoms with van der Waals surface area (Å²) < 4.78 is 5.44. The van der Waals surface area contributed by atoms with Crippen molar-refractivity contribution in [2.75, 3.05) is 26.2 Å². The molecule has 2 fully saturated rings. The van der Waals surface area contributed by atoms with Crippen molar-refractivity contribution in [2.24, 2.45) is 11.8 Å². The summed E-state index contributed by atoms with van der Waals surface area (Å²) in [4.78, 5) is 19.7. The molecule has 1 aromatic carbocycles. The molecule has 3 heterocycles. The highest BCUT2D eigenvalue weighted by Gasteiger charge is 2.32. The number of aromatic nitrogens is 2. The zero-order valence-corrected chi connectivity index (χ0v) is 16.7. The third kappa shape index (κ3) is 4.01. The fourth-order valence-corrected chi connectivity index (χ4v) is 4.03. The van der Waals surface area contributed by atoms with E-state index in [2.05, 4.69) is 15.5 Å². The van der Waals surface area contributed by atoms with Crippen LogP contribution in [-0.4, -0.2) is 47.1 Å². The van der Waals surface area contributed by atoms with Crippen LogP contribution in [0.5, 0.6) is 0 Å². The molecule has 0 radical (unpaired) electrons. The average molecular weight is 391 g/mol. The first kappa shape index (κ1) is 19.8. The van der Waals surface area contributed by atoms with Crippen LogP contribution in [0.15, 0.2) is 28.8 Å². The molecule has 2 saturated heterocycles. The van der Waals surface area contributed by atoms with Crippen molar-refractivity contribution in [3.63, 3.8) is 0 Å². The van der Waals surface area contributed by atoms with Crippen LogP contribution in [0.4, 0.5) is 0 Å². The Morgan fingerprint density at radius 1 is 1.19 bits per heavy atom. The standard InChI is InChI=1S/C20H26N4O2.ClH/c1-13(2)18-22-19(26-23-18)16-5-3-4-6-17(16)20(25)24-9-7-14-11-21-12-15(14)8-10-24;/h3-6,13-15,21H,7-12H2,1-2H3;1H/t14-,15+;. The van der Waals surface area contributed by atoms with Gasteiger partial charge in [-0.25, -0.2) is 0 Å². The van der Waals surface area contributed by atoms with Crippen LogP contribution >= 0.6 is 12.4 Å². The molecule has 1 N–H and O–H groups in total. The molecule has 146 valence electrons. The Morgan fingerprint density at radius 2 is 1.85 bits per heavy atom. The van der Waals surface area contributed by atoms with Gasteiger partial charge in [0.15, 0.2) is 5.82 Å². The van der Waals surface area contributed by atoms with Crippen LogP contribution in [-0.2, 0) is 0 Å². The zero-order valence-electron chi connectivity index (χ0n) is 15.9. The first-order valence-electron chi connectivity index (χ1n) is 9.56. The molecule has 1 amide bonds. The summed E-state index contributed by atoms with van der Waals surface area (Å²) >= 11 is 0. The summed E-state index contributed by atoms with van der Waals surface area (Å²) in [7, 11) is 0. The van der Waals surface area contributed by atoms with Crippen molar-refractivity contribution in [3.8, 4) is 11.5 Å². The second-order valence-electron chi connectivity index (χ2n) is 7.71. The lowest BCUT2D eigenvalue weighted by Gasteiger charge is -2.22. The number of nitrogens with zero attached hydrogens (tertiary/aromatic N) is 3. The third-order valence-corrected chi connectivity index (χ3v) is 5.65. The quantitative estimate of drug-likeness (QED) is 0.870. The van der Waals surface area contributed by atoms with Crippen LogP contribution in [0.3, 0.4) is 0 Å². The normalized spacial score (nSPS) is 22.3. The van der Waals surface area contributed by atoms with Gasteiger partial charge in [0.05, 0.1) is 11.1 Å². The molecular weight excluding hydrogens is 364 g/mol. The summed E-state index contributed by atoms with van der Waals surface area (Å²) in [6.45, 7) is 7.85. The number of carbonyl (C=O) groups excluding carboxylic acids is 1. The Labute approximate surface area is 166 Å². The van der Waals surface area contributed by atoms with E-state index in [9.17, 15) is 4.79 Å². The number of likely N-dealkylation sites (tertiary alicyclic amines) is 1. The van der Waals surface area contributed by atoms with E-state index in [-0.39, 0.29) is 24.2 Å². The van der Waals surface area contributed by atoms with Gasteiger partial charge < -0.3 is 14.7 Å². The minimum Gasteiger partial charge on any atom is -0.339 e. The molecule has 0 saturated carbocycles. The molecule has 0 unspecified atom stereocenters. The number of fused-ring (bicyclic) bond motifs is 1. The summed E-state index contributed by atoms with van der Waals surface area (Å²) in [5.41, 5.74) is 1.37. The van der Waals surface area contributed by atoms with Gasteiger partial charge in [-0.3, -0.25) is 4.79 Å². The van der Waals surface area contributed by atoms with Gasteiger partial charge in [0.2, 0.25) is 0 Å². The monoisotopic (exact) mass is 390 g/mol. The third-order valence-electron chi connectivity index (χ3n) is 5.65. The Kier molecular flexibility index (Phi) is 6.17. The number of amides is 1. The highest BCUT2D eigenvalue weighted by atomic mass is 35.5. The largest absolute Gasteiger partial charge is 0.339 e. The average Bonchev–Trinajstić information content (AvgIpc) is 3.27. The highest BCUT2D eigenvalue weighted by molar-refractivity contribution is 6.00. The SMILES string of the molecule is CC(C)c1noc(-c2ccccc2C(=O)N2CC[C@@H]3CNC[C@@H]3CC2)n1.Cl. The Bertz CT molecular complexity index is 778. The summed E-state index contributed by atoms with van der Waals surface area (Å²) in [5.74, 6) is 2.75. The van der Waals surface area contributed by atoms with Crippen molar-refractivity contribution in [2.45, 2.75) is 32.6 Å². The first-order chi connectivity index (χ1) is 12.6. The number of hydrogen-bond donors (Lipinski definition) is 1. The van der Waals surface area contributed by atoms with E-state index in [0.29, 0.717) is 29.1 Å². The predicted octanol–water partition coefficient (Wildman–Crippen LogP) is 3.35. The second-order valence-corrected chi connectivity index (χ2v) is 7.71. The fourth-order valence-electron chi connectivity index (χ4n) is 4.03. The number of carbonyl (C=O) groups is 1. The Morgan fingerprint density at radius 3 is 2.48 bits per heavy atom. The Balaban J connectivity index is 0.00000210. The van der Waals surface area contributed by atoms with Crippen molar-refractivity contribution in [1.82, 2.24) is 20.4 Å². The van der Waals surface area contributed by atoms with Gasteiger partial charge in [-0.15, -0.1) is 12.4 Å². The maximum Gasteiger partial charge on any atom is 0.258 e. The summed E-state index contributed by atoms with van der Waals surface area (Å²) in [5, 5.41) is 7.52. The minimum atomic E-state index is 0. The predicted molar refractivity (Wildman–Crippen MR) is 106 cm³/mol. The molecule has 0 spiro atoms. The lowest BCUT2D eigenvalue weighted by Crippen LogP contribution is -2.33. The Hall–Kier alpha value is -1.92. The van der Waals surface area contributed by atoms with Crippen LogP contribution < -0.4 is 5.32 Å². The number of rotatable bonds is 3. The number of nitrogens with one attached hydrogen (secondary N) is 1. The van der Waals surface area contributed by atoms with Gasteiger partial charge in [-0.1, -0.05) is 31.1 Å². The first-order valence-corrected chi connectivity index (χ1v) is 9.56. The van der Waals surface area contributed by atoms with E-state index in [4.69, 9.17) is 4.52 Å². The van der Waals surface area contributed by atoms with Gasteiger partial charge in [0.25, 0.3) is 11.8 Å². The van der Waals surface area contributed by atoms with Crippen LogP contribution in [0.1, 0.15) is 48.8 Å². The summed E-state index contributed by atoms with van der Waals surface area (Å²) in [6.07, 6.45) is 2.15.